The minimum absolute atomic E-state index is 0.0975. The van der Waals surface area contributed by atoms with Crippen molar-refractivity contribution in [2.75, 3.05) is 5.32 Å². The molecule has 0 spiro atoms. The molecule has 1 aromatic carbocycles. The minimum atomic E-state index is -0.715. The van der Waals surface area contributed by atoms with Gasteiger partial charge in [0.15, 0.2) is 0 Å². The zero-order chi connectivity index (χ0) is 21.7. The number of imide groups is 1. The highest BCUT2D eigenvalue weighted by molar-refractivity contribution is 6.07. The molecule has 3 N–H and O–H groups in total. The summed E-state index contributed by atoms with van der Waals surface area (Å²) >= 11 is 0. The third kappa shape index (κ3) is 3.04. The van der Waals surface area contributed by atoms with Crippen molar-refractivity contribution < 1.29 is 24.3 Å². The van der Waals surface area contributed by atoms with Gasteiger partial charge < -0.3 is 15.3 Å². The summed E-state index contributed by atoms with van der Waals surface area (Å²) in [5, 5.41) is 19.0. The number of aromatic nitrogens is 4. The Morgan fingerprint density at radius 3 is 2.87 bits per heavy atom. The Kier molecular flexibility index (Phi) is 4.13. The molecule has 156 valence electrons. The van der Waals surface area contributed by atoms with E-state index in [1.165, 1.54) is 17.4 Å². The van der Waals surface area contributed by atoms with Crippen molar-refractivity contribution in [2.24, 2.45) is 0 Å². The molecule has 12 heteroatoms. The molecule has 12 nitrogen and oxygen atoms in total. The lowest BCUT2D eigenvalue weighted by Crippen LogP contribution is -2.52. The number of amides is 4. The first-order valence-corrected chi connectivity index (χ1v) is 9.39. The predicted octanol–water partition coefficient (Wildman–Crippen LogP) is -0.157. The Morgan fingerprint density at radius 1 is 1.23 bits per heavy atom. The van der Waals surface area contributed by atoms with E-state index in [1.807, 2.05) is 0 Å². The van der Waals surface area contributed by atoms with Crippen LogP contribution in [0.2, 0.25) is 0 Å². The van der Waals surface area contributed by atoms with Crippen LogP contribution in [-0.4, -0.2) is 59.3 Å². The van der Waals surface area contributed by atoms with Crippen molar-refractivity contribution in [3.8, 4) is 5.88 Å². The van der Waals surface area contributed by atoms with Crippen LogP contribution in [-0.2, 0) is 16.1 Å². The average Bonchev–Trinajstić information content (AvgIpc) is 3.33. The largest absolute Gasteiger partial charge is 0.493 e. The molecule has 2 aromatic heterocycles. The van der Waals surface area contributed by atoms with Gasteiger partial charge in [0.25, 0.3) is 17.6 Å². The van der Waals surface area contributed by atoms with E-state index in [2.05, 4.69) is 25.7 Å². The van der Waals surface area contributed by atoms with Crippen LogP contribution in [0.1, 0.15) is 39.1 Å². The number of hydrogen-bond donors (Lipinski definition) is 3. The Balaban J connectivity index is 1.36. The summed E-state index contributed by atoms with van der Waals surface area (Å²) in [6.07, 6.45) is 2.84. The van der Waals surface area contributed by atoms with Crippen molar-refractivity contribution >= 4 is 35.1 Å². The summed E-state index contributed by atoms with van der Waals surface area (Å²) in [5.74, 6) is -2.01. The summed E-state index contributed by atoms with van der Waals surface area (Å²) < 4.78 is 1.04. The molecule has 4 heterocycles. The Bertz CT molecular complexity index is 1280. The highest BCUT2D eigenvalue weighted by Gasteiger charge is 2.39. The van der Waals surface area contributed by atoms with Gasteiger partial charge in [-0.25, -0.2) is 4.98 Å². The number of carbonyl (C=O) groups excluding carboxylic acids is 4. The maximum atomic E-state index is 12.7. The van der Waals surface area contributed by atoms with Crippen molar-refractivity contribution in [3.05, 3.63) is 47.4 Å². The first-order chi connectivity index (χ1) is 14.9. The third-order valence-electron chi connectivity index (χ3n) is 5.31. The molecule has 4 amide bonds. The lowest BCUT2D eigenvalue weighted by molar-refractivity contribution is -0.136. The number of carbonyl (C=O) groups is 4. The molecule has 0 radical (unpaired) electrons. The fourth-order valence-corrected chi connectivity index (χ4v) is 3.78. The summed E-state index contributed by atoms with van der Waals surface area (Å²) in [6.45, 7) is 0.182. The number of rotatable bonds is 3. The summed E-state index contributed by atoms with van der Waals surface area (Å²) in [7, 11) is 0. The molecule has 2 aliphatic heterocycles. The number of nitrogens with one attached hydrogen (secondary N) is 2. The summed E-state index contributed by atoms with van der Waals surface area (Å²) in [4.78, 5) is 58.1. The molecule has 0 saturated carbocycles. The van der Waals surface area contributed by atoms with Gasteiger partial charge in [0.2, 0.25) is 17.7 Å². The Hall–Kier alpha value is -4.35. The van der Waals surface area contributed by atoms with Crippen molar-refractivity contribution in [1.82, 2.24) is 29.8 Å². The number of piperidine rings is 1. The molecule has 2 aliphatic rings. The predicted molar refractivity (Wildman–Crippen MR) is 103 cm³/mol. The number of aromatic hydroxyl groups is 1. The van der Waals surface area contributed by atoms with E-state index < -0.39 is 23.7 Å². The van der Waals surface area contributed by atoms with Crippen LogP contribution in [0, 0.1) is 0 Å². The van der Waals surface area contributed by atoms with Crippen LogP contribution in [0.5, 0.6) is 5.88 Å². The quantitative estimate of drug-likeness (QED) is 0.492. The fourth-order valence-electron chi connectivity index (χ4n) is 3.78. The normalized spacial score (nSPS) is 18.3. The maximum Gasteiger partial charge on any atom is 0.262 e. The molecule has 1 unspecified atom stereocenters. The van der Waals surface area contributed by atoms with Crippen LogP contribution in [0.25, 0.3) is 5.78 Å². The number of anilines is 1. The summed E-state index contributed by atoms with van der Waals surface area (Å²) in [6, 6.07) is 4.04. The smallest absolute Gasteiger partial charge is 0.262 e. The molecule has 1 saturated heterocycles. The molecule has 0 bridgehead atoms. The van der Waals surface area contributed by atoms with E-state index >= 15 is 0 Å². The highest BCUT2D eigenvalue weighted by atomic mass is 16.3. The molecule has 1 fully saturated rings. The van der Waals surface area contributed by atoms with Crippen molar-refractivity contribution in [1.29, 1.82) is 0 Å². The van der Waals surface area contributed by atoms with E-state index in [0.29, 0.717) is 16.8 Å². The van der Waals surface area contributed by atoms with Gasteiger partial charge in [0.1, 0.15) is 17.9 Å². The molecular formula is C19H15N7O5. The van der Waals surface area contributed by atoms with Gasteiger partial charge in [-0.05, 0) is 30.2 Å². The van der Waals surface area contributed by atoms with Gasteiger partial charge in [-0.15, -0.1) is 0 Å². The van der Waals surface area contributed by atoms with Crippen LogP contribution in [0.4, 0.5) is 5.69 Å². The van der Waals surface area contributed by atoms with Crippen molar-refractivity contribution in [3.63, 3.8) is 0 Å². The summed E-state index contributed by atoms with van der Waals surface area (Å²) in [5.41, 5.74) is 1.37. The number of fused-ring (bicyclic) bond motifs is 2. The lowest BCUT2D eigenvalue weighted by Gasteiger charge is -2.29. The molecule has 31 heavy (non-hydrogen) atoms. The topological polar surface area (TPSA) is 159 Å². The molecule has 0 aliphatic carbocycles. The van der Waals surface area contributed by atoms with Gasteiger partial charge in [-0.2, -0.15) is 14.6 Å². The van der Waals surface area contributed by atoms with E-state index in [9.17, 15) is 24.3 Å². The van der Waals surface area contributed by atoms with Crippen LogP contribution in [0.3, 0.4) is 0 Å². The highest BCUT2D eigenvalue weighted by Crippen LogP contribution is 2.30. The van der Waals surface area contributed by atoms with E-state index in [0.717, 1.165) is 4.52 Å². The van der Waals surface area contributed by atoms with Crippen molar-refractivity contribution in [2.45, 2.75) is 25.4 Å². The van der Waals surface area contributed by atoms with E-state index in [-0.39, 0.29) is 42.5 Å². The first-order valence-electron chi connectivity index (χ1n) is 9.39. The van der Waals surface area contributed by atoms with Gasteiger partial charge in [0.05, 0.1) is 0 Å². The zero-order valence-corrected chi connectivity index (χ0v) is 15.9. The second-order valence-corrected chi connectivity index (χ2v) is 7.19. The molecular weight excluding hydrogens is 406 g/mol. The molecule has 5 rings (SSSR count). The van der Waals surface area contributed by atoms with Gasteiger partial charge >= 0.3 is 0 Å². The second-order valence-electron chi connectivity index (χ2n) is 7.19. The molecule has 3 aromatic rings. The number of hydrogen-bond acceptors (Lipinski definition) is 8. The fraction of sp³-hybridized carbons (Fsp3) is 0.211. The minimum Gasteiger partial charge on any atom is -0.493 e. The SMILES string of the molecule is O=C1CCC(N2Cc3cc(NC(=O)c4cnc5ncnn5c4O)ccc3C2=O)C(=O)N1. The lowest BCUT2D eigenvalue weighted by atomic mass is 10.0. The van der Waals surface area contributed by atoms with Crippen LogP contribution < -0.4 is 10.6 Å². The third-order valence-corrected chi connectivity index (χ3v) is 5.31. The average molecular weight is 421 g/mol. The number of nitrogens with zero attached hydrogens (tertiary/aromatic N) is 5. The van der Waals surface area contributed by atoms with Gasteiger partial charge in [-0.3, -0.25) is 24.5 Å². The number of benzene rings is 1. The zero-order valence-electron chi connectivity index (χ0n) is 15.9. The van der Waals surface area contributed by atoms with E-state index in [4.69, 9.17) is 0 Å². The maximum absolute atomic E-state index is 12.7. The standard InChI is InChI=1S/C19H15N7O5/c27-14-4-3-13(16(29)24-14)25-7-9-5-10(1-2-11(9)17(25)30)23-15(28)12-6-20-19-21-8-22-26(19)18(12)31/h1-2,5-6,8,13,31H,3-4,7H2,(H,23,28)(H,24,27,29). The second kappa shape index (κ2) is 6.86. The molecule has 1 atom stereocenters. The van der Waals surface area contributed by atoms with Crippen LogP contribution in [0.15, 0.2) is 30.7 Å². The monoisotopic (exact) mass is 421 g/mol. The Labute approximate surface area is 173 Å². The first kappa shape index (κ1) is 18.7. The van der Waals surface area contributed by atoms with Gasteiger partial charge in [-0.1, -0.05) is 0 Å². The van der Waals surface area contributed by atoms with Gasteiger partial charge in [0, 0.05) is 30.4 Å². The Morgan fingerprint density at radius 2 is 2.06 bits per heavy atom. The van der Waals surface area contributed by atoms with Crippen LogP contribution >= 0.6 is 0 Å². The van der Waals surface area contributed by atoms with E-state index in [1.54, 1.807) is 18.2 Å².